The van der Waals surface area contributed by atoms with Crippen molar-refractivity contribution in [1.29, 1.82) is 0 Å². The van der Waals surface area contributed by atoms with Crippen molar-refractivity contribution in [3.8, 4) is 0 Å². The number of aromatic carboxylic acids is 1. The molecule has 1 aliphatic rings. The zero-order valence-electron chi connectivity index (χ0n) is 10.7. The second-order valence-electron chi connectivity index (χ2n) is 5.34. The number of halogens is 1. The molecule has 1 aromatic carbocycles. The van der Waals surface area contributed by atoms with E-state index in [1.54, 1.807) is 6.07 Å². The van der Waals surface area contributed by atoms with Gasteiger partial charge in [0, 0.05) is 10.5 Å². The van der Waals surface area contributed by atoms with Crippen LogP contribution in [0.3, 0.4) is 0 Å². The number of carbonyl (C=O) groups excluding carboxylic acids is 1. The number of anilines is 1. The highest BCUT2D eigenvalue weighted by Gasteiger charge is 2.46. The predicted molar refractivity (Wildman–Crippen MR) is 75.4 cm³/mol. The fourth-order valence-electron chi connectivity index (χ4n) is 1.78. The van der Waals surface area contributed by atoms with Crippen molar-refractivity contribution in [2.45, 2.75) is 26.3 Å². The van der Waals surface area contributed by atoms with Gasteiger partial charge in [-0.1, -0.05) is 13.8 Å². The Hall–Kier alpha value is -1.56. The van der Waals surface area contributed by atoms with E-state index in [1.165, 1.54) is 12.1 Å². The van der Waals surface area contributed by atoms with Crippen molar-refractivity contribution in [2.75, 3.05) is 5.32 Å². The van der Waals surface area contributed by atoms with Crippen molar-refractivity contribution in [3.63, 3.8) is 0 Å². The average molecular weight is 327 g/mol. The molecule has 102 valence electrons. The minimum absolute atomic E-state index is 0.168. The molecule has 1 fully saturated rings. The molecule has 0 radical (unpaired) electrons. The zero-order chi connectivity index (χ0) is 14.2. The van der Waals surface area contributed by atoms with Crippen molar-refractivity contribution in [2.24, 2.45) is 5.41 Å². The van der Waals surface area contributed by atoms with Crippen molar-refractivity contribution in [1.82, 2.24) is 5.32 Å². The lowest BCUT2D eigenvalue weighted by Gasteiger charge is -2.10. The highest BCUT2D eigenvalue weighted by Crippen LogP contribution is 2.44. The molecule has 1 aromatic rings. The van der Waals surface area contributed by atoms with Gasteiger partial charge in [0.1, 0.15) is 0 Å². The second-order valence-corrected chi connectivity index (χ2v) is 6.20. The summed E-state index contributed by atoms with van der Waals surface area (Å²) in [6.45, 7) is 4.19. The van der Waals surface area contributed by atoms with E-state index in [0.717, 1.165) is 6.42 Å². The Morgan fingerprint density at radius 1 is 1.42 bits per heavy atom. The molecule has 0 aliphatic heterocycles. The molecule has 3 N–H and O–H groups in total. The molecule has 0 spiro atoms. The van der Waals surface area contributed by atoms with Gasteiger partial charge in [-0.15, -0.1) is 0 Å². The van der Waals surface area contributed by atoms with Gasteiger partial charge < -0.3 is 15.7 Å². The number of rotatable bonds is 3. The third-order valence-electron chi connectivity index (χ3n) is 3.28. The first-order valence-corrected chi connectivity index (χ1v) is 6.69. The van der Waals surface area contributed by atoms with Gasteiger partial charge in [-0.05, 0) is 46.0 Å². The summed E-state index contributed by atoms with van der Waals surface area (Å²) in [6, 6.07) is 4.39. The zero-order valence-corrected chi connectivity index (χ0v) is 12.2. The van der Waals surface area contributed by atoms with Crippen LogP contribution in [0.1, 0.15) is 30.6 Å². The molecular formula is C13H15BrN2O3. The highest BCUT2D eigenvalue weighted by atomic mass is 79.9. The fourth-order valence-corrected chi connectivity index (χ4v) is 2.26. The lowest BCUT2D eigenvalue weighted by atomic mass is 10.2. The van der Waals surface area contributed by atoms with E-state index in [1.807, 2.05) is 0 Å². The summed E-state index contributed by atoms with van der Waals surface area (Å²) in [7, 11) is 0. The first-order chi connectivity index (χ1) is 8.79. The second kappa shape index (κ2) is 4.85. The summed E-state index contributed by atoms with van der Waals surface area (Å²) in [5.74, 6) is -1.00. The van der Waals surface area contributed by atoms with Crippen LogP contribution >= 0.6 is 15.9 Å². The van der Waals surface area contributed by atoms with Crippen LogP contribution in [-0.4, -0.2) is 23.1 Å². The molecule has 0 saturated heterocycles. The Balaban J connectivity index is 1.99. The van der Waals surface area contributed by atoms with Crippen LogP contribution in [0.5, 0.6) is 0 Å². The Labute approximate surface area is 119 Å². The van der Waals surface area contributed by atoms with E-state index < -0.39 is 5.97 Å². The predicted octanol–water partition coefficient (Wildman–Crippen LogP) is 3.07. The van der Waals surface area contributed by atoms with Crippen LogP contribution in [0, 0.1) is 5.41 Å². The topological polar surface area (TPSA) is 78.4 Å². The maximum absolute atomic E-state index is 11.8. The Bertz CT molecular complexity index is 543. The number of hydrogen-bond acceptors (Lipinski definition) is 2. The van der Waals surface area contributed by atoms with Gasteiger partial charge in [0.2, 0.25) is 0 Å². The van der Waals surface area contributed by atoms with Crippen LogP contribution in [0.25, 0.3) is 0 Å². The number of hydrogen-bond donors (Lipinski definition) is 3. The summed E-state index contributed by atoms with van der Waals surface area (Å²) in [5, 5.41) is 14.4. The van der Waals surface area contributed by atoms with Crippen LogP contribution in [-0.2, 0) is 0 Å². The Kier molecular flexibility index (Phi) is 3.54. The SMILES string of the molecule is CC1(C)CC1NC(=O)Nc1ccc(C(=O)O)cc1Br. The van der Waals surface area contributed by atoms with Crippen LogP contribution < -0.4 is 10.6 Å². The van der Waals surface area contributed by atoms with E-state index in [4.69, 9.17) is 5.11 Å². The molecule has 19 heavy (non-hydrogen) atoms. The van der Waals surface area contributed by atoms with Crippen molar-refractivity contribution >= 4 is 33.6 Å². The number of nitrogens with one attached hydrogen (secondary N) is 2. The van der Waals surface area contributed by atoms with Gasteiger partial charge >= 0.3 is 12.0 Å². The molecule has 1 saturated carbocycles. The number of benzene rings is 1. The monoisotopic (exact) mass is 326 g/mol. The lowest BCUT2D eigenvalue weighted by molar-refractivity contribution is 0.0697. The summed E-state index contributed by atoms with van der Waals surface area (Å²) in [4.78, 5) is 22.6. The average Bonchev–Trinajstić information content (AvgIpc) is 2.88. The molecular weight excluding hydrogens is 312 g/mol. The highest BCUT2D eigenvalue weighted by molar-refractivity contribution is 9.10. The van der Waals surface area contributed by atoms with Crippen LogP contribution in [0.2, 0.25) is 0 Å². The summed E-state index contributed by atoms with van der Waals surface area (Å²) < 4.78 is 0.539. The third kappa shape index (κ3) is 3.26. The van der Waals surface area contributed by atoms with Gasteiger partial charge in [0.25, 0.3) is 0 Å². The molecule has 2 rings (SSSR count). The lowest BCUT2D eigenvalue weighted by Crippen LogP contribution is -2.32. The smallest absolute Gasteiger partial charge is 0.335 e. The first-order valence-electron chi connectivity index (χ1n) is 5.90. The van der Waals surface area contributed by atoms with Crippen LogP contribution in [0.15, 0.2) is 22.7 Å². The minimum atomic E-state index is -1.00. The maximum Gasteiger partial charge on any atom is 0.335 e. The molecule has 2 amide bonds. The van der Waals surface area contributed by atoms with Crippen molar-refractivity contribution < 1.29 is 14.7 Å². The number of carbonyl (C=O) groups is 2. The Morgan fingerprint density at radius 2 is 2.05 bits per heavy atom. The van der Waals surface area contributed by atoms with E-state index in [-0.39, 0.29) is 23.1 Å². The molecule has 1 atom stereocenters. The fraction of sp³-hybridized carbons (Fsp3) is 0.385. The quantitative estimate of drug-likeness (QED) is 0.798. The molecule has 0 bridgehead atoms. The van der Waals surface area contributed by atoms with E-state index in [2.05, 4.69) is 40.4 Å². The van der Waals surface area contributed by atoms with Crippen LogP contribution in [0.4, 0.5) is 10.5 Å². The maximum atomic E-state index is 11.8. The summed E-state index contributed by atoms with van der Waals surface area (Å²) >= 11 is 3.24. The molecule has 0 aromatic heterocycles. The summed E-state index contributed by atoms with van der Waals surface area (Å²) in [6.07, 6.45) is 0.972. The normalized spacial score (nSPS) is 19.6. The van der Waals surface area contributed by atoms with Gasteiger partial charge in [-0.3, -0.25) is 0 Å². The molecule has 1 aliphatic carbocycles. The molecule has 0 heterocycles. The summed E-state index contributed by atoms with van der Waals surface area (Å²) in [5.41, 5.74) is 0.879. The molecule has 6 heteroatoms. The molecule has 5 nitrogen and oxygen atoms in total. The number of carboxylic acid groups (broad SMARTS) is 1. The molecule has 1 unspecified atom stereocenters. The van der Waals surface area contributed by atoms with E-state index in [0.29, 0.717) is 10.2 Å². The third-order valence-corrected chi connectivity index (χ3v) is 3.94. The number of amides is 2. The number of carboxylic acids is 1. The van der Waals surface area contributed by atoms with E-state index in [9.17, 15) is 9.59 Å². The van der Waals surface area contributed by atoms with E-state index >= 15 is 0 Å². The largest absolute Gasteiger partial charge is 0.478 e. The van der Waals surface area contributed by atoms with Gasteiger partial charge in [0.05, 0.1) is 11.3 Å². The van der Waals surface area contributed by atoms with Gasteiger partial charge in [-0.2, -0.15) is 0 Å². The van der Waals surface area contributed by atoms with Gasteiger partial charge in [0.15, 0.2) is 0 Å². The minimum Gasteiger partial charge on any atom is -0.478 e. The van der Waals surface area contributed by atoms with Crippen molar-refractivity contribution in [3.05, 3.63) is 28.2 Å². The first kappa shape index (κ1) is 13.9. The standard InChI is InChI=1S/C13H15BrN2O3/c1-13(2)6-10(13)16-12(19)15-9-4-3-7(11(17)18)5-8(9)14/h3-5,10H,6H2,1-2H3,(H,17,18)(H2,15,16,19). The Morgan fingerprint density at radius 3 is 2.53 bits per heavy atom. The number of urea groups is 1. The van der Waals surface area contributed by atoms with Gasteiger partial charge in [-0.25, -0.2) is 9.59 Å².